The number of ether oxygens (including phenoxy) is 3. The van der Waals surface area contributed by atoms with Crippen LogP contribution in [0.5, 0.6) is 17.2 Å². The number of nitrogens with one attached hydrogen (secondary N) is 1. The molecular weight excluding hydrogens is 939 g/mol. The van der Waals surface area contributed by atoms with Crippen LogP contribution in [0.15, 0.2) is 122 Å². The molecular formula is C61H79N9O5. The monoisotopic (exact) mass is 1020 g/mol. The molecule has 3 aliphatic rings. The van der Waals surface area contributed by atoms with Gasteiger partial charge in [-0.3, -0.25) is 24.5 Å². The van der Waals surface area contributed by atoms with Crippen molar-refractivity contribution in [1.29, 1.82) is 0 Å². The summed E-state index contributed by atoms with van der Waals surface area (Å²) in [6.45, 7) is 7.61. The first-order valence-corrected chi connectivity index (χ1v) is 26.7. The molecule has 3 atom stereocenters. The first-order chi connectivity index (χ1) is 36.6. The summed E-state index contributed by atoms with van der Waals surface area (Å²) in [6.07, 6.45) is 17.4. The maximum absolute atomic E-state index is 13.8. The van der Waals surface area contributed by atoms with E-state index in [2.05, 4.69) is 86.4 Å². The number of nitrogens with zero attached hydrogens (tertiary/aromatic N) is 7. The molecule has 1 amide bonds. The zero-order valence-corrected chi connectivity index (χ0v) is 45.1. The first-order valence-electron chi connectivity index (χ1n) is 26.7. The van der Waals surface area contributed by atoms with Gasteiger partial charge in [-0.1, -0.05) is 54.6 Å². The third kappa shape index (κ3) is 16.0. The Morgan fingerprint density at radius 2 is 1.12 bits per heavy atom. The Balaban J connectivity index is 0.000000167. The van der Waals surface area contributed by atoms with E-state index in [1.54, 1.807) is 39.7 Å². The van der Waals surface area contributed by atoms with Crippen molar-refractivity contribution in [2.24, 2.45) is 5.73 Å². The van der Waals surface area contributed by atoms with E-state index in [0.29, 0.717) is 47.5 Å². The van der Waals surface area contributed by atoms with Crippen molar-refractivity contribution in [2.75, 3.05) is 81.7 Å². The largest absolute Gasteiger partial charge is 0.493 e. The number of aromatic nitrogens is 3. The van der Waals surface area contributed by atoms with Gasteiger partial charge in [-0.2, -0.15) is 0 Å². The normalized spacial score (nSPS) is 17.6. The number of fused-ring (bicyclic) bond motifs is 3. The van der Waals surface area contributed by atoms with E-state index in [-0.39, 0.29) is 5.91 Å². The van der Waals surface area contributed by atoms with Crippen LogP contribution < -0.4 is 25.3 Å². The van der Waals surface area contributed by atoms with E-state index in [1.165, 1.54) is 75.4 Å². The van der Waals surface area contributed by atoms with Gasteiger partial charge < -0.3 is 44.9 Å². The van der Waals surface area contributed by atoms with E-state index in [9.17, 15) is 9.59 Å². The maximum atomic E-state index is 13.8. The molecule has 0 radical (unpaired) electrons. The molecule has 3 aliphatic heterocycles. The summed E-state index contributed by atoms with van der Waals surface area (Å²) in [7, 11) is 11.3. The second-order valence-corrected chi connectivity index (χ2v) is 20.0. The summed E-state index contributed by atoms with van der Waals surface area (Å²) in [5.41, 5.74) is 11.8. The molecule has 0 saturated carbocycles. The molecule has 3 unspecified atom stereocenters. The van der Waals surface area contributed by atoms with E-state index in [1.807, 2.05) is 78.0 Å². The quantitative estimate of drug-likeness (QED) is 0.0659. The molecule has 0 bridgehead atoms. The van der Waals surface area contributed by atoms with Gasteiger partial charge >= 0.3 is 0 Å². The summed E-state index contributed by atoms with van der Waals surface area (Å²) in [4.78, 5) is 46.6. The fourth-order valence-electron chi connectivity index (χ4n) is 10.5. The van der Waals surface area contributed by atoms with Crippen LogP contribution in [-0.2, 0) is 13.1 Å². The molecule has 4 aromatic carbocycles. The molecule has 75 heavy (non-hydrogen) atoms. The van der Waals surface area contributed by atoms with Crippen molar-refractivity contribution in [3.63, 3.8) is 0 Å². The zero-order chi connectivity index (χ0) is 52.9. The lowest BCUT2D eigenvalue weighted by Gasteiger charge is -2.27. The van der Waals surface area contributed by atoms with Gasteiger partial charge in [0.25, 0.3) is 5.91 Å². The minimum absolute atomic E-state index is 0.0759. The number of pyridine rings is 3. The highest BCUT2D eigenvalue weighted by molar-refractivity contribution is 5.96. The average molecular weight is 1020 g/mol. The highest BCUT2D eigenvalue weighted by atomic mass is 16.5. The summed E-state index contributed by atoms with van der Waals surface area (Å²) in [6, 6.07) is 35.7. The van der Waals surface area contributed by atoms with Gasteiger partial charge in [0.15, 0.2) is 17.8 Å². The SMILES string of the molecule is CN1CCCC1CCN.CN1CCCC1CCNCc1cnc2ccccc2c1.COc1cc(C(=O)N(CCC2CCCN2C)Cc2cnc3ccccc3c2)cc(OC)c1OC.O=Cc1cnc2ccccc2c1. The molecule has 3 saturated heterocycles. The van der Waals surface area contributed by atoms with E-state index in [0.717, 1.165) is 83.9 Å². The van der Waals surface area contributed by atoms with Crippen LogP contribution in [0.2, 0.25) is 0 Å². The lowest BCUT2D eigenvalue weighted by molar-refractivity contribution is 0.0728. The smallest absolute Gasteiger partial charge is 0.254 e. The molecule has 7 aromatic rings. The van der Waals surface area contributed by atoms with E-state index in [4.69, 9.17) is 19.9 Å². The van der Waals surface area contributed by atoms with Gasteiger partial charge in [-0.25, -0.2) is 0 Å². The lowest BCUT2D eigenvalue weighted by Crippen LogP contribution is -2.35. The number of para-hydroxylation sites is 3. The van der Waals surface area contributed by atoms with Gasteiger partial charge in [0.05, 0.1) is 37.9 Å². The van der Waals surface area contributed by atoms with Crippen LogP contribution in [0.3, 0.4) is 0 Å². The molecule has 14 heteroatoms. The van der Waals surface area contributed by atoms with Crippen LogP contribution in [0.4, 0.5) is 0 Å². The second-order valence-electron chi connectivity index (χ2n) is 20.0. The lowest BCUT2D eigenvalue weighted by atomic mass is 10.1. The number of methoxy groups -OCH3 is 3. The number of aldehydes is 1. The number of carbonyl (C=O) groups is 2. The highest BCUT2D eigenvalue weighted by Gasteiger charge is 2.26. The molecule has 0 aliphatic carbocycles. The van der Waals surface area contributed by atoms with Crippen LogP contribution in [0, 0.1) is 0 Å². The van der Waals surface area contributed by atoms with Crippen molar-refractivity contribution >= 4 is 44.9 Å². The van der Waals surface area contributed by atoms with Crippen molar-refractivity contribution in [1.82, 2.24) is 39.9 Å². The van der Waals surface area contributed by atoms with Crippen LogP contribution in [0.25, 0.3) is 32.7 Å². The van der Waals surface area contributed by atoms with Crippen molar-refractivity contribution in [2.45, 2.75) is 89.0 Å². The Morgan fingerprint density at radius 3 is 1.61 bits per heavy atom. The summed E-state index contributed by atoms with van der Waals surface area (Å²) < 4.78 is 16.4. The van der Waals surface area contributed by atoms with Gasteiger partial charge in [-0.05, 0) is 171 Å². The van der Waals surface area contributed by atoms with Crippen molar-refractivity contribution in [3.8, 4) is 17.2 Å². The van der Waals surface area contributed by atoms with Crippen LogP contribution in [0.1, 0.15) is 89.6 Å². The van der Waals surface area contributed by atoms with Gasteiger partial charge in [0, 0.05) is 83.6 Å². The molecule has 6 heterocycles. The van der Waals surface area contributed by atoms with Crippen LogP contribution >= 0.6 is 0 Å². The minimum atomic E-state index is -0.0759. The molecule has 3 fully saturated rings. The molecule has 10 rings (SSSR count). The fourth-order valence-corrected chi connectivity index (χ4v) is 10.5. The first kappa shape index (κ1) is 56.2. The van der Waals surface area contributed by atoms with Crippen LogP contribution in [-0.4, -0.2) is 147 Å². The number of amides is 1. The van der Waals surface area contributed by atoms with Gasteiger partial charge in [-0.15, -0.1) is 0 Å². The molecule has 14 nitrogen and oxygen atoms in total. The average Bonchev–Trinajstić information content (AvgIpc) is 4.20. The van der Waals surface area contributed by atoms with Gasteiger partial charge in [0.1, 0.15) is 0 Å². The van der Waals surface area contributed by atoms with Crippen molar-refractivity contribution in [3.05, 3.63) is 144 Å². The summed E-state index contributed by atoms with van der Waals surface area (Å²) >= 11 is 0. The Labute approximate surface area is 444 Å². The molecule has 3 aromatic heterocycles. The molecule has 398 valence electrons. The molecule has 3 N–H and O–H groups in total. The fraction of sp³-hybridized carbons (Fsp3) is 0.426. The number of nitrogens with two attached hydrogens (primary N) is 1. The Morgan fingerprint density at radius 1 is 0.640 bits per heavy atom. The number of carbonyl (C=O) groups excluding carboxylic acids is 2. The predicted molar refractivity (Wildman–Crippen MR) is 303 cm³/mol. The standard InChI is InChI=1S/C27H33N3O4.C17H23N3.C10H7NO.C7H16N2/c1-29-12-7-9-22(29)11-13-30(18-19-14-20-8-5-6-10-23(20)28-17-19)27(31)21-15-24(32-2)26(34-4)25(16-21)33-3;1-20-10-4-6-16(20)8-9-18-12-14-11-15-5-2-3-7-17(15)19-13-14;12-7-8-5-9-3-1-2-4-10(9)11-6-8;1-9-6-2-3-7(9)4-5-8/h5-6,8,10,14-17,22H,7,9,11-13,18H2,1-4H3;2-3,5,7,11,13,16,18H,4,6,8-10,12H2,1H3;1-7H;7H,2-6,8H2,1H3. The topological polar surface area (TPSA) is 152 Å². The van der Waals surface area contributed by atoms with Gasteiger partial charge in [0.2, 0.25) is 5.75 Å². The maximum Gasteiger partial charge on any atom is 0.254 e. The Kier molecular flexibility index (Phi) is 21.7. The Hall–Kier alpha value is -6.55. The third-order valence-electron chi connectivity index (χ3n) is 14.8. The number of likely N-dealkylation sites (tertiary alicyclic amines) is 3. The zero-order valence-electron chi connectivity index (χ0n) is 45.1. The number of rotatable bonds is 17. The van der Waals surface area contributed by atoms with E-state index < -0.39 is 0 Å². The van der Waals surface area contributed by atoms with Crippen molar-refractivity contribution < 1.29 is 23.8 Å². The number of hydrogen-bond donors (Lipinski definition) is 2. The number of benzene rings is 4. The highest BCUT2D eigenvalue weighted by Crippen LogP contribution is 2.39. The number of hydrogen-bond acceptors (Lipinski definition) is 13. The Bertz CT molecular complexity index is 2880. The summed E-state index contributed by atoms with van der Waals surface area (Å²) in [5, 5.41) is 6.84. The third-order valence-corrected chi connectivity index (χ3v) is 14.8. The minimum Gasteiger partial charge on any atom is -0.493 e. The molecule has 0 spiro atoms. The summed E-state index contributed by atoms with van der Waals surface area (Å²) in [5.74, 6) is 1.33. The predicted octanol–water partition coefficient (Wildman–Crippen LogP) is 9.67. The van der Waals surface area contributed by atoms with E-state index >= 15 is 0 Å². The second kappa shape index (κ2) is 28.9.